The zero-order valence-corrected chi connectivity index (χ0v) is 16.3. The molecule has 138 valence electrons. The summed E-state index contributed by atoms with van der Waals surface area (Å²) in [6.07, 6.45) is 3.78. The molecule has 1 fully saturated rings. The molecule has 3 nitrogen and oxygen atoms in total. The Labute approximate surface area is 156 Å². The molecule has 0 spiro atoms. The molecule has 1 N–H and O–H groups in total. The van der Waals surface area contributed by atoms with Crippen LogP contribution in [0.1, 0.15) is 48.4 Å². The molecule has 0 saturated heterocycles. The summed E-state index contributed by atoms with van der Waals surface area (Å²) in [5, 5.41) is 3.25. The number of benzene rings is 2. The van der Waals surface area contributed by atoms with Gasteiger partial charge in [0.05, 0.1) is 12.5 Å². The summed E-state index contributed by atoms with van der Waals surface area (Å²) in [4.78, 5) is 12.9. The van der Waals surface area contributed by atoms with Crippen LogP contribution in [0.5, 0.6) is 5.75 Å². The summed E-state index contributed by atoms with van der Waals surface area (Å²) in [6, 6.07) is 14.8. The van der Waals surface area contributed by atoms with Gasteiger partial charge in [-0.15, -0.1) is 0 Å². The van der Waals surface area contributed by atoms with Gasteiger partial charge in [-0.05, 0) is 69.7 Å². The first-order valence-corrected chi connectivity index (χ1v) is 9.45. The van der Waals surface area contributed by atoms with E-state index in [1.807, 2.05) is 12.1 Å². The predicted octanol–water partition coefficient (Wildman–Crippen LogP) is 4.48. The average molecular weight is 351 g/mol. The van der Waals surface area contributed by atoms with Crippen molar-refractivity contribution in [3.8, 4) is 5.75 Å². The molecule has 0 aliphatic heterocycles. The molecule has 0 radical (unpaired) electrons. The van der Waals surface area contributed by atoms with Crippen molar-refractivity contribution in [3.05, 3.63) is 64.7 Å². The second-order valence-corrected chi connectivity index (χ2v) is 7.72. The first-order chi connectivity index (χ1) is 12.4. The molecular formula is C23H29NO2. The van der Waals surface area contributed by atoms with E-state index in [1.54, 1.807) is 7.11 Å². The molecule has 1 unspecified atom stereocenters. The van der Waals surface area contributed by atoms with Crippen molar-refractivity contribution < 1.29 is 9.53 Å². The van der Waals surface area contributed by atoms with E-state index in [1.165, 1.54) is 22.3 Å². The third-order valence-electron chi connectivity index (χ3n) is 5.36. The molecule has 1 aliphatic rings. The Balaban J connectivity index is 1.58. The van der Waals surface area contributed by atoms with Crippen molar-refractivity contribution in [3.63, 3.8) is 0 Å². The van der Waals surface area contributed by atoms with Gasteiger partial charge in [0.25, 0.3) is 0 Å². The highest BCUT2D eigenvalue weighted by atomic mass is 16.5. The van der Waals surface area contributed by atoms with E-state index in [2.05, 4.69) is 56.4 Å². The smallest absolute Gasteiger partial charge is 0.230 e. The molecular weight excluding hydrogens is 322 g/mol. The van der Waals surface area contributed by atoms with Crippen LogP contribution in [0, 0.1) is 13.8 Å². The van der Waals surface area contributed by atoms with Crippen LogP contribution in [0.25, 0.3) is 0 Å². The number of carbonyl (C=O) groups is 1. The molecule has 1 atom stereocenters. The average Bonchev–Trinajstić information content (AvgIpc) is 3.41. The normalized spacial score (nSPS) is 16.0. The Bertz CT molecular complexity index is 755. The number of hydrogen-bond donors (Lipinski definition) is 1. The third kappa shape index (κ3) is 4.09. The van der Waals surface area contributed by atoms with E-state index in [-0.39, 0.29) is 17.4 Å². The van der Waals surface area contributed by atoms with Gasteiger partial charge in [0.1, 0.15) is 5.75 Å². The lowest BCUT2D eigenvalue weighted by Gasteiger charge is -2.21. The minimum atomic E-state index is -0.300. The number of methoxy groups -OCH3 is 1. The molecule has 2 aromatic carbocycles. The quantitative estimate of drug-likeness (QED) is 0.799. The fourth-order valence-corrected chi connectivity index (χ4v) is 3.63. The Kier molecular flexibility index (Phi) is 5.36. The van der Waals surface area contributed by atoms with Gasteiger partial charge in [-0.3, -0.25) is 4.79 Å². The predicted molar refractivity (Wildman–Crippen MR) is 106 cm³/mol. The van der Waals surface area contributed by atoms with Gasteiger partial charge in [-0.2, -0.15) is 0 Å². The summed E-state index contributed by atoms with van der Waals surface area (Å²) in [5.41, 5.74) is 4.60. The standard InChI is InChI=1S/C23H29NO2/c1-16-13-17(2)15-20(14-16)23(11-12-23)22(25)24-18(3)5-6-19-7-9-21(26-4)10-8-19/h7-10,13-15,18H,5-6,11-12H2,1-4H3,(H,24,25). The van der Waals surface area contributed by atoms with Gasteiger partial charge in [0.15, 0.2) is 0 Å². The monoisotopic (exact) mass is 351 g/mol. The molecule has 0 heterocycles. The van der Waals surface area contributed by atoms with Crippen LogP contribution >= 0.6 is 0 Å². The second-order valence-electron chi connectivity index (χ2n) is 7.72. The van der Waals surface area contributed by atoms with Crippen LogP contribution < -0.4 is 10.1 Å². The van der Waals surface area contributed by atoms with Crippen LogP contribution in [0.4, 0.5) is 0 Å². The number of rotatable bonds is 7. The lowest BCUT2D eigenvalue weighted by molar-refractivity contribution is -0.124. The molecule has 1 saturated carbocycles. The number of aryl methyl sites for hydroxylation is 3. The minimum absolute atomic E-state index is 0.160. The van der Waals surface area contributed by atoms with E-state index in [0.29, 0.717) is 0 Å². The van der Waals surface area contributed by atoms with Gasteiger partial charge in [-0.1, -0.05) is 41.5 Å². The van der Waals surface area contributed by atoms with Crippen molar-refractivity contribution in [2.24, 2.45) is 0 Å². The van der Waals surface area contributed by atoms with Gasteiger partial charge >= 0.3 is 0 Å². The summed E-state index contributed by atoms with van der Waals surface area (Å²) in [7, 11) is 1.68. The highest BCUT2D eigenvalue weighted by Crippen LogP contribution is 2.49. The highest BCUT2D eigenvalue weighted by molar-refractivity contribution is 5.91. The SMILES string of the molecule is COc1ccc(CCC(C)NC(=O)C2(c3cc(C)cc(C)c3)CC2)cc1. The molecule has 3 rings (SSSR count). The van der Waals surface area contributed by atoms with Gasteiger partial charge in [-0.25, -0.2) is 0 Å². The zero-order chi connectivity index (χ0) is 18.7. The molecule has 0 bridgehead atoms. The van der Waals surface area contributed by atoms with Crippen LogP contribution in [0.3, 0.4) is 0 Å². The van der Waals surface area contributed by atoms with Crippen LogP contribution in [-0.2, 0) is 16.6 Å². The van der Waals surface area contributed by atoms with Gasteiger partial charge in [0, 0.05) is 6.04 Å². The number of ether oxygens (including phenoxy) is 1. The lowest BCUT2D eigenvalue weighted by atomic mass is 9.91. The number of amides is 1. The summed E-state index contributed by atoms with van der Waals surface area (Å²) >= 11 is 0. The molecule has 3 heteroatoms. The Hall–Kier alpha value is -2.29. The van der Waals surface area contributed by atoms with Gasteiger partial charge in [0.2, 0.25) is 5.91 Å². The summed E-state index contributed by atoms with van der Waals surface area (Å²) in [6.45, 7) is 6.29. The summed E-state index contributed by atoms with van der Waals surface area (Å²) in [5.74, 6) is 1.06. The number of hydrogen-bond acceptors (Lipinski definition) is 2. The largest absolute Gasteiger partial charge is 0.497 e. The van der Waals surface area contributed by atoms with Gasteiger partial charge < -0.3 is 10.1 Å². The topological polar surface area (TPSA) is 38.3 Å². The maximum absolute atomic E-state index is 12.9. The van der Waals surface area contributed by atoms with E-state index < -0.39 is 0 Å². The number of nitrogens with one attached hydrogen (secondary N) is 1. The molecule has 1 aliphatic carbocycles. The molecule has 2 aromatic rings. The first kappa shape index (κ1) is 18.5. The minimum Gasteiger partial charge on any atom is -0.497 e. The van der Waals surface area contributed by atoms with E-state index in [0.717, 1.165) is 31.4 Å². The van der Waals surface area contributed by atoms with Crippen molar-refractivity contribution >= 4 is 5.91 Å². The number of carbonyl (C=O) groups excluding carboxylic acids is 1. The zero-order valence-electron chi connectivity index (χ0n) is 16.3. The third-order valence-corrected chi connectivity index (χ3v) is 5.36. The van der Waals surface area contributed by atoms with Crippen LogP contribution in [0.2, 0.25) is 0 Å². The van der Waals surface area contributed by atoms with E-state index in [9.17, 15) is 4.79 Å². The fraction of sp³-hybridized carbons (Fsp3) is 0.435. The maximum atomic E-state index is 12.9. The highest BCUT2D eigenvalue weighted by Gasteiger charge is 2.51. The van der Waals surface area contributed by atoms with Crippen LogP contribution in [-0.4, -0.2) is 19.1 Å². The van der Waals surface area contributed by atoms with Crippen LogP contribution in [0.15, 0.2) is 42.5 Å². The van der Waals surface area contributed by atoms with Crippen molar-refractivity contribution in [2.45, 2.75) is 57.9 Å². The Morgan fingerprint density at radius 2 is 1.73 bits per heavy atom. The molecule has 26 heavy (non-hydrogen) atoms. The lowest BCUT2D eigenvalue weighted by Crippen LogP contribution is -2.40. The van der Waals surface area contributed by atoms with E-state index in [4.69, 9.17) is 4.74 Å². The van der Waals surface area contributed by atoms with Crippen molar-refractivity contribution in [2.75, 3.05) is 7.11 Å². The molecule has 0 aromatic heterocycles. The molecule has 1 amide bonds. The van der Waals surface area contributed by atoms with E-state index >= 15 is 0 Å². The maximum Gasteiger partial charge on any atom is 0.230 e. The first-order valence-electron chi connectivity index (χ1n) is 9.45. The Morgan fingerprint density at radius 3 is 2.27 bits per heavy atom. The fourth-order valence-electron chi connectivity index (χ4n) is 3.63. The second kappa shape index (κ2) is 7.53. The Morgan fingerprint density at radius 1 is 1.12 bits per heavy atom. The summed E-state index contributed by atoms with van der Waals surface area (Å²) < 4.78 is 5.19. The van der Waals surface area contributed by atoms with Crippen molar-refractivity contribution in [1.29, 1.82) is 0 Å². The van der Waals surface area contributed by atoms with Crippen molar-refractivity contribution in [1.82, 2.24) is 5.32 Å².